The summed E-state index contributed by atoms with van der Waals surface area (Å²) in [4.78, 5) is 11.7. The fourth-order valence-corrected chi connectivity index (χ4v) is 1.65. The van der Waals surface area contributed by atoms with Crippen LogP contribution in [0.5, 0.6) is 0 Å². The van der Waals surface area contributed by atoms with E-state index < -0.39 is 0 Å². The Morgan fingerprint density at radius 2 is 2.14 bits per heavy atom. The third-order valence-corrected chi connectivity index (χ3v) is 3.05. The first-order valence-electron chi connectivity index (χ1n) is 4.49. The lowest BCUT2D eigenvalue weighted by Gasteiger charge is -2.04. The Morgan fingerprint density at radius 3 is 2.64 bits per heavy atom. The van der Waals surface area contributed by atoms with Crippen LogP contribution in [-0.2, 0) is 0 Å². The topological polar surface area (TPSA) is 17.1 Å². The van der Waals surface area contributed by atoms with Gasteiger partial charge in [-0.3, -0.25) is 4.79 Å². The van der Waals surface area contributed by atoms with Crippen LogP contribution in [0.1, 0.15) is 30.6 Å². The number of halogens is 2. The molecule has 0 aliphatic heterocycles. The largest absolute Gasteiger partial charge is 0.294 e. The summed E-state index contributed by atoms with van der Waals surface area (Å²) >= 11 is 9.13. The van der Waals surface area contributed by atoms with Crippen molar-refractivity contribution in [1.29, 1.82) is 0 Å². The van der Waals surface area contributed by atoms with E-state index in [2.05, 4.69) is 15.9 Å². The molecule has 3 heteroatoms. The molecule has 0 radical (unpaired) electrons. The third-order valence-electron chi connectivity index (χ3n) is 1.84. The van der Waals surface area contributed by atoms with Crippen molar-refractivity contribution in [3.05, 3.63) is 33.3 Å². The van der Waals surface area contributed by atoms with Crippen LogP contribution >= 0.6 is 27.5 Å². The van der Waals surface area contributed by atoms with Crippen molar-refractivity contribution in [2.75, 3.05) is 0 Å². The van der Waals surface area contributed by atoms with Crippen LogP contribution in [0.2, 0.25) is 5.02 Å². The van der Waals surface area contributed by atoms with Crippen LogP contribution in [0.25, 0.3) is 0 Å². The van der Waals surface area contributed by atoms with E-state index in [9.17, 15) is 4.79 Å². The van der Waals surface area contributed by atoms with Crippen LogP contribution < -0.4 is 0 Å². The SMILES string of the molecule is CC(C)CC(=O)c1ccc(Cl)c(Br)c1. The molecule has 14 heavy (non-hydrogen) atoms. The molecular formula is C11H12BrClO. The van der Waals surface area contributed by atoms with Gasteiger partial charge in [0.05, 0.1) is 5.02 Å². The number of ketones is 1. The highest BCUT2D eigenvalue weighted by molar-refractivity contribution is 9.10. The minimum Gasteiger partial charge on any atom is -0.294 e. The zero-order chi connectivity index (χ0) is 10.7. The van der Waals surface area contributed by atoms with Gasteiger partial charge in [-0.1, -0.05) is 25.4 Å². The lowest BCUT2D eigenvalue weighted by Crippen LogP contribution is -2.03. The molecule has 0 aliphatic rings. The summed E-state index contributed by atoms with van der Waals surface area (Å²) in [5, 5.41) is 0.631. The summed E-state index contributed by atoms with van der Waals surface area (Å²) < 4.78 is 0.772. The van der Waals surface area contributed by atoms with E-state index in [4.69, 9.17) is 11.6 Å². The van der Waals surface area contributed by atoms with E-state index in [-0.39, 0.29) is 5.78 Å². The number of Topliss-reactive ketones (excluding diaryl/α,β-unsaturated/α-hetero) is 1. The van der Waals surface area contributed by atoms with Crippen LogP contribution in [0.4, 0.5) is 0 Å². The first kappa shape index (κ1) is 11.7. The number of hydrogen-bond donors (Lipinski definition) is 0. The van der Waals surface area contributed by atoms with Crippen LogP contribution in [0.15, 0.2) is 22.7 Å². The number of rotatable bonds is 3. The summed E-state index contributed by atoms with van der Waals surface area (Å²) in [5.74, 6) is 0.550. The average Bonchev–Trinajstić information content (AvgIpc) is 2.08. The van der Waals surface area contributed by atoms with Gasteiger partial charge in [0.15, 0.2) is 5.78 Å². The summed E-state index contributed by atoms with van der Waals surface area (Å²) in [6.45, 7) is 4.06. The zero-order valence-corrected chi connectivity index (χ0v) is 10.5. The fourth-order valence-electron chi connectivity index (χ4n) is 1.16. The summed E-state index contributed by atoms with van der Waals surface area (Å²) in [5.41, 5.74) is 0.718. The van der Waals surface area contributed by atoms with Gasteiger partial charge in [0.2, 0.25) is 0 Å². The van der Waals surface area contributed by atoms with Crippen molar-refractivity contribution in [2.45, 2.75) is 20.3 Å². The number of carbonyl (C=O) groups is 1. The first-order chi connectivity index (χ1) is 6.50. The van der Waals surface area contributed by atoms with Gasteiger partial charge in [-0.25, -0.2) is 0 Å². The Kier molecular flexibility index (Phi) is 4.14. The lowest BCUT2D eigenvalue weighted by atomic mass is 10.0. The minimum atomic E-state index is 0.164. The molecule has 0 fully saturated rings. The van der Waals surface area contributed by atoms with Gasteiger partial charge in [0.1, 0.15) is 0 Å². The fraction of sp³-hybridized carbons (Fsp3) is 0.364. The van der Waals surface area contributed by atoms with Gasteiger partial charge in [-0.05, 0) is 40.0 Å². The van der Waals surface area contributed by atoms with Gasteiger partial charge >= 0.3 is 0 Å². The van der Waals surface area contributed by atoms with E-state index >= 15 is 0 Å². The lowest BCUT2D eigenvalue weighted by molar-refractivity contribution is 0.0968. The van der Waals surface area contributed by atoms with Gasteiger partial charge in [0.25, 0.3) is 0 Å². The van der Waals surface area contributed by atoms with Gasteiger partial charge < -0.3 is 0 Å². The predicted molar refractivity (Wildman–Crippen MR) is 62.9 cm³/mol. The predicted octanol–water partition coefficient (Wildman–Crippen LogP) is 4.33. The average molecular weight is 276 g/mol. The molecule has 0 saturated heterocycles. The highest BCUT2D eigenvalue weighted by atomic mass is 79.9. The Labute approximate surface area is 97.6 Å². The van der Waals surface area contributed by atoms with E-state index in [1.54, 1.807) is 18.2 Å². The van der Waals surface area contributed by atoms with Crippen molar-refractivity contribution in [3.8, 4) is 0 Å². The molecule has 76 valence electrons. The normalized spacial score (nSPS) is 10.6. The van der Waals surface area contributed by atoms with Crippen LogP contribution in [0.3, 0.4) is 0 Å². The summed E-state index contributed by atoms with van der Waals surface area (Å²) in [6.07, 6.45) is 0.577. The second kappa shape index (κ2) is 4.94. The standard InChI is InChI=1S/C11H12BrClO/c1-7(2)5-11(14)8-3-4-10(13)9(12)6-8/h3-4,6-7H,5H2,1-2H3. The Bertz CT molecular complexity index is 347. The van der Waals surface area contributed by atoms with Crippen LogP contribution in [-0.4, -0.2) is 5.78 Å². The molecule has 0 aliphatic carbocycles. The maximum absolute atomic E-state index is 11.7. The monoisotopic (exact) mass is 274 g/mol. The van der Waals surface area contributed by atoms with E-state index in [0.29, 0.717) is 17.4 Å². The second-order valence-corrected chi connectivity index (χ2v) is 4.91. The summed E-state index contributed by atoms with van der Waals surface area (Å²) in [7, 11) is 0. The highest BCUT2D eigenvalue weighted by Gasteiger charge is 2.09. The molecule has 1 aromatic carbocycles. The van der Waals surface area contributed by atoms with Gasteiger partial charge in [0, 0.05) is 16.5 Å². The Morgan fingerprint density at radius 1 is 1.50 bits per heavy atom. The summed E-state index contributed by atoms with van der Waals surface area (Å²) in [6, 6.07) is 5.27. The maximum Gasteiger partial charge on any atom is 0.163 e. The minimum absolute atomic E-state index is 0.164. The Hall–Kier alpha value is -0.340. The zero-order valence-electron chi connectivity index (χ0n) is 8.18. The molecule has 1 nitrogen and oxygen atoms in total. The van der Waals surface area contributed by atoms with E-state index in [0.717, 1.165) is 10.0 Å². The smallest absolute Gasteiger partial charge is 0.163 e. The van der Waals surface area contributed by atoms with Gasteiger partial charge in [-0.2, -0.15) is 0 Å². The first-order valence-corrected chi connectivity index (χ1v) is 5.66. The van der Waals surface area contributed by atoms with Crippen molar-refractivity contribution >= 4 is 33.3 Å². The molecule has 0 N–H and O–H groups in total. The highest BCUT2D eigenvalue weighted by Crippen LogP contribution is 2.24. The molecule has 0 unspecified atom stereocenters. The number of hydrogen-bond acceptors (Lipinski definition) is 1. The van der Waals surface area contributed by atoms with Crippen molar-refractivity contribution in [3.63, 3.8) is 0 Å². The van der Waals surface area contributed by atoms with Gasteiger partial charge in [-0.15, -0.1) is 0 Å². The quantitative estimate of drug-likeness (QED) is 0.750. The molecule has 0 saturated carbocycles. The van der Waals surface area contributed by atoms with Crippen LogP contribution in [0, 0.1) is 5.92 Å². The van der Waals surface area contributed by atoms with E-state index in [1.807, 2.05) is 13.8 Å². The molecule has 0 amide bonds. The molecular weight excluding hydrogens is 263 g/mol. The van der Waals surface area contributed by atoms with E-state index in [1.165, 1.54) is 0 Å². The Balaban J connectivity index is 2.86. The number of carbonyl (C=O) groups excluding carboxylic acids is 1. The third kappa shape index (κ3) is 3.10. The molecule has 1 aromatic rings. The molecule has 0 spiro atoms. The second-order valence-electron chi connectivity index (χ2n) is 3.65. The van der Waals surface area contributed by atoms with Crippen molar-refractivity contribution < 1.29 is 4.79 Å². The maximum atomic E-state index is 11.7. The molecule has 0 bridgehead atoms. The molecule has 0 atom stereocenters. The molecule has 0 aromatic heterocycles. The number of benzene rings is 1. The molecule has 0 heterocycles. The van der Waals surface area contributed by atoms with Crippen molar-refractivity contribution in [2.24, 2.45) is 5.92 Å². The molecule has 1 rings (SSSR count). The van der Waals surface area contributed by atoms with Crippen molar-refractivity contribution in [1.82, 2.24) is 0 Å².